The lowest BCUT2D eigenvalue weighted by Crippen LogP contribution is -2.42. The van der Waals surface area contributed by atoms with Gasteiger partial charge in [0.1, 0.15) is 6.61 Å². The number of nitrogens with zero attached hydrogens (tertiary/aromatic N) is 5. The molecule has 3 heterocycles. The molecule has 31 heavy (non-hydrogen) atoms. The van der Waals surface area contributed by atoms with Crippen LogP contribution in [-0.2, 0) is 17.4 Å². The van der Waals surface area contributed by atoms with Gasteiger partial charge in [-0.25, -0.2) is 9.50 Å². The number of benzene rings is 1. The molecule has 1 unspecified atom stereocenters. The Balaban J connectivity index is 1.49. The molecule has 0 bridgehead atoms. The summed E-state index contributed by atoms with van der Waals surface area (Å²) in [5.74, 6) is -0.376. The molecule has 4 rings (SSSR count). The molecule has 11 heteroatoms. The fourth-order valence-electron chi connectivity index (χ4n) is 3.43. The van der Waals surface area contributed by atoms with Gasteiger partial charge in [-0.1, -0.05) is 12.1 Å². The summed E-state index contributed by atoms with van der Waals surface area (Å²) in [6.07, 6.45) is -5.05. The van der Waals surface area contributed by atoms with Gasteiger partial charge in [0.2, 0.25) is 5.91 Å². The molecule has 1 aliphatic rings. The zero-order valence-electron chi connectivity index (χ0n) is 17.1. The van der Waals surface area contributed by atoms with E-state index < -0.39 is 12.0 Å². The highest BCUT2D eigenvalue weighted by atomic mass is 19.4. The molecule has 0 saturated carbocycles. The first-order valence-corrected chi connectivity index (χ1v) is 9.56. The second-order valence-corrected chi connectivity index (χ2v) is 7.35. The number of halogens is 3. The van der Waals surface area contributed by atoms with Crippen LogP contribution in [-0.4, -0.2) is 56.7 Å². The summed E-state index contributed by atoms with van der Waals surface area (Å²) in [6, 6.07) is 7.29. The molecule has 0 N–H and O–H groups in total. The number of aromatic nitrogens is 4. The third-order valence-corrected chi connectivity index (χ3v) is 5.10. The molecule has 0 spiro atoms. The zero-order valence-corrected chi connectivity index (χ0v) is 17.1. The van der Waals surface area contributed by atoms with Gasteiger partial charge in [0, 0.05) is 24.0 Å². The summed E-state index contributed by atoms with van der Waals surface area (Å²) in [6.45, 7) is 3.82. The van der Waals surface area contributed by atoms with Crippen LogP contribution in [0.1, 0.15) is 22.8 Å². The minimum absolute atomic E-state index is 0.0392. The number of aryl methyl sites for hydroxylation is 2. The Bertz CT molecular complexity index is 1150. The molecule has 8 nitrogen and oxygen atoms in total. The average Bonchev–Trinajstić information content (AvgIpc) is 3.15. The number of carbonyl (C=O) groups excluding carboxylic acids is 1. The number of rotatable bonds is 4. The maximum Gasteiger partial charge on any atom is 0.453 e. The summed E-state index contributed by atoms with van der Waals surface area (Å²) < 4.78 is 51.4. The Hall–Kier alpha value is -3.37. The third-order valence-electron chi connectivity index (χ3n) is 5.10. The second kappa shape index (κ2) is 7.71. The van der Waals surface area contributed by atoms with E-state index in [1.165, 1.54) is 4.90 Å². The smallest absolute Gasteiger partial charge is 0.453 e. The number of carbonyl (C=O) groups is 1. The first kappa shape index (κ1) is 20.9. The van der Waals surface area contributed by atoms with Crippen LogP contribution in [0.4, 0.5) is 13.2 Å². The predicted molar refractivity (Wildman–Crippen MR) is 103 cm³/mol. The molecule has 0 radical (unpaired) electrons. The topological polar surface area (TPSA) is 81.9 Å². The van der Waals surface area contributed by atoms with Gasteiger partial charge in [-0.2, -0.15) is 18.2 Å². The van der Waals surface area contributed by atoms with Crippen molar-refractivity contribution in [1.82, 2.24) is 24.5 Å². The molecule has 0 saturated heterocycles. The maximum absolute atomic E-state index is 12.9. The molecular weight excluding hydrogens is 415 g/mol. The first-order chi connectivity index (χ1) is 14.6. The number of hydrogen-bond acceptors (Lipinski definition) is 6. The van der Waals surface area contributed by atoms with Crippen LogP contribution in [0, 0.1) is 13.8 Å². The largest absolute Gasteiger partial charge is 0.486 e. The lowest BCUT2D eigenvalue weighted by molar-refractivity contribution is -0.144. The van der Waals surface area contributed by atoms with Crippen molar-refractivity contribution < 1.29 is 27.4 Å². The van der Waals surface area contributed by atoms with Crippen molar-refractivity contribution in [1.29, 1.82) is 0 Å². The molecule has 3 aromatic rings. The predicted octanol–water partition coefficient (Wildman–Crippen LogP) is 2.60. The normalized spacial score (nSPS) is 15.9. The molecule has 0 fully saturated rings. The lowest BCUT2D eigenvalue weighted by Gasteiger charge is -2.29. The van der Waals surface area contributed by atoms with Gasteiger partial charge in [-0.3, -0.25) is 4.79 Å². The number of likely N-dealkylation sites (N-methyl/N-ethyl adjacent to an activating group) is 1. The Kier molecular flexibility index (Phi) is 5.19. The van der Waals surface area contributed by atoms with Crippen molar-refractivity contribution in [3.8, 4) is 11.5 Å². The van der Waals surface area contributed by atoms with Gasteiger partial charge >= 0.3 is 6.18 Å². The quantitative estimate of drug-likeness (QED) is 0.627. The van der Waals surface area contributed by atoms with E-state index >= 15 is 0 Å². The van der Waals surface area contributed by atoms with Crippen molar-refractivity contribution in [2.45, 2.75) is 32.5 Å². The van der Waals surface area contributed by atoms with E-state index in [-0.39, 0.29) is 24.2 Å². The third kappa shape index (κ3) is 4.12. The average molecular weight is 435 g/mol. The number of hydrogen-bond donors (Lipinski definition) is 0. The number of ether oxygens (including phenoxy) is 2. The summed E-state index contributed by atoms with van der Waals surface area (Å²) >= 11 is 0. The van der Waals surface area contributed by atoms with E-state index in [0.717, 1.165) is 4.52 Å². The van der Waals surface area contributed by atoms with Crippen LogP contribution in [0.25, 0.3) is 5.78 Å². The van der Waals surface area contributed by atoms with Gasteiger partial charge in [0.25, 0.3) is 11.6 Å². The van der Waals surface area contributed by atoms with Crippen LogP contribution >= 0.6 is 0 Å². The fourth-order valence-corrected chi connectivity index (χ4v) is 3.43. The van der Waals surface area contributed by atoms with E-state index in [2.05, 4.69) is 15.1 Å². The van der Waals surface area contributed by atoms with E-state index in [1.54, 1.807) is 27.0 Å². The van der Waals surface area contributed by atoms with Gasteiger partial charge in [0.15, 0.2) is 17.6 Å². The highest BCUT2D eigenvalue weighted by Crippen LogP contribution is 2.31. The van der Waals surface area contributed by atoms with Crippen molar-refractivity contribution >= 4 is 11.7 Å². The van der Waals surface area contributed by atoms with E-state index in [9.17, 15) is 18.0 Å². The molecule has 1 aromatic carbocycles. The zero-order chi connectivity index (χ0) is 22.3. The Morgan fingerprint density at radius 2 is 1.94 bits per heavy atom. The maximum atomic E-state index is 12.9. The van der Waals surface area contributed by atoms with Crippen molar-refractivity contribution in [3.63, 3.8) is 0 Å². The highest BCUT2D eigenvalue weighted by Gasteiger charge is 2.37. The Labute approximate surface area is 175 Å². The lowest BCUT2D eigenvalue weighted by atomic mass is 10.1. The molecule has 1 atom stereocenters. The molecular formula is C20H20F3N5O3. The summed E-state index contributed by atoms with van der Waals surface area (Å²) in [5.41, 5.74) is 1.33. The van der Waals surface area contributed by atoms with Gasteiger partial charge < -0.3 is 14.4 Å². The van der Waals surface area contributed by atoms with Crippen LogP contribution < -0.4 is 9.47 Å². The van der Waals surface area contributed by atoms with E-state index in [1.807, 2.05) is 18.2 Å². The molecule has 164 valence electrons. The van der Waals surface area contributed by atoms with Crippen LogP contribution in [0.2, 0.25) is 0 Å². The van der Waals surface area contributed by atoms with Crippen molar-refractivity contribution in [2.75, 3.05) is 20.2 Å². The van der Waals surface area contributed by atoms with Gasteiger partial charge in [-0.15, -0.1) is 5.10 Å². The molecule has 1 aliphatic heterocycles. The number of para-hydroxylation sites is 2. The highest BCUT2D eigenvalue weighted by molar-refractivity contribution is 5.79. The van der Waals surface area contributed by atoms with E-state index in [0.29, 0.717) is 41.6 Å². The van der Waals surface area contributed by atoms with Crippen LogP contribution in [0.15, 0.2) is 24.3 Å². The number of alkyl halides is 3. The molecule has 1 amide bonds. The Morgan fingerprint density at radius 1 is 1.23 bits per heavy atom. The Morgan fingerprint density at radius 3 is 2.65 bits per heavy atom. The summed E-state index contributed by atoms with van der Waals surface area (Å²) in [5, 5.41) is 3.51. The summed E-state index contributed by atoms with van der Waals surface area (Å²) in [4.78, 5) is 21.9. The number of amides is 1. The molecule has 0 aliphatic carbocycles. The number of fused-ring (bicyclic) bond motifs is 2. The monoisotopic (exact) mass is 435 g/mol. The van der Waals surface area contributed by atoms with E-state index in [4.69, 9.17) is 9.47 Å². The first-order valence-electron chi connectivity index (χ1n) is 9.56. The van der Waals surface area contributed by atoms with Gasteiger partial charge in [-0.05, 0) is 26.0 Å². The standard InChI is InChI=1S/C20H20F3N5O3/c1-11-14(12(2)28-19(24-11)25-18(26-28)20(21,22)23)8-17(29)27(3)9-13-10-30-15-6-4-5-7-16(15)31-13/h4-7,13H,8-10H2,1-3H3. The van der Waals surface area contributed by atoms with Gasteiger partial charge in [0.05, 0.1) is 13.0 Å². The second-order valence-electron chi connectivity index (χ2n) is 7.35. The minimum atomic E-state index is -4.68. The minimum Gasteiger partial charge on any atom is -0.486 e. The van der Waals surface area contributed by atoms with Crippen molar-refractivity contribution in [3.05, 3.63) is 47.0 Å². The van der Waals surface area contributed by atoms with Crippen LogP contribution in [0.5, 0.6) is 11.5 Å². The molecule has 2 aromatic heterocycles. The summed E-state index contributed by atoms with van der Waals surface area (Å²) in [7, 11) is 1.64. The van der Waals surface area contributed by atoms with Crippen LogP contribution in [0.3, 0.4) is 0 Å². The van der Waals surface area contributed by atoms with Crippen molar-refractivity contribution in [2.24, 2.45) is 0 Å². The SMILES string of the molecule is Cc1nc2nc(C(F)(F)F)nn2c(C)c1CC(=O)N(C)CC1COc2ccccc2O1. The fraction of sp³-hybridized carbons (Fsp3) is 0.400.